The molecule has 144 valence electrons. The minimum absolute atomic E-state index is 0. The molecule has 1 aliphatic rings. The molecule has 0 aliphatic carbocycles. The van der Waals surface area contributed by atoms with Crippen LogP contribution in [0.5, 0.6) is 0 Å². The minimum Gasteiger partial charge on any atom is -0.355 e. The molecule has 1 aliphatic heterocycles. The summed E-state index contributed by atoms with van der Waals surface area (Å²) >= 11 is 0. The molecule has 2 heterocycles. The molecule has 1 aromatic rings. The largest absolute Gasteiger partial charge is 0.355 e. The molecule has 1 saturated heterocycles. The molecule has 0 spiro atoms. The van der Waals surface area contributed by atoms with E-state index in [1.807, 2.05) is 6.92 Å². The number of aryl methyl sites for hydroxylation is 1. The van der Waals surface area contributed by atoms with E-state index >= 15 is 0 Å². The van der Waals surface area contributed by atoms with Gasteiger partial charge in [0.25, 0.3) is 0 Å². The van der Waals surface area contributed by atoms with E-state index in [2.05, 4.69) is 46.1 Å². The van der Waals surface area contributed by atoms with Crippen molar-refractivity contribution in [1.29, 1.82) is 0 Å². The van der Waals surface area contributed by atoms with E-state index in [4.69, 9.17) is 0 Å². The smallest absolute Gasteiger partial charge is 0.220 e. The van der Waals surface area contributed by atoms with Gasteiger partial charge in [0.1, 0.15) is 0 Å². The lowest BCUT2D eigenvalue weighted by atomic mass is 10.1. The first-order chi connectivity index (χ1) is 11.5. The molecule has 7 heteroatoms. The van der Waals surface area contributed by atoms with Crippen LogP contribution < -0.4 is 10.6 Å². The van der Waals surface area contributed by atoms with Crippen molar-refractivity contribution in [3.63, 3.8) is 0 Å². The van der Waals surface area contributed by atoms with Crippen LogP contribution in [0.25, 0.3) is 0 Å². The number of nitrogens with zero attached hydrogens (tertiary/aromatic N) is 3. The fourth-order valence-electron chi connectivity index (χ4n) is 3.23. The third-order valence-corrected chi connectivity index (χ3v) is 4.63. The molecule has 6 nitrogen and oxygen atoms in total. The minimum atomic E-state index is 0. The van der Waals surface area contributed by atoms with Crippen molar-refractivity contribution in [2.24, 2.45) is 5.92 Å². The standard InChI is InChI=1S/C18H33N5O.ClH/c1-14(2)13-23-16(4)17(15(3)21-23)5-6-18(24)20-9-12-22-10-7-19-8-11-22;/h14,19H,5-13H2,1-4H3,(H,20,24);1H. The summed E-state index contributed by atoms with van der Waals surface area (Å²) in [5, 5.41) is 11.0. The quantitative estimate of drug-likeness (QED) is 0.727. The number of amides is 1. The first-order valence-electron chi connectivity index (χ1n) is 9.20. The zero-order valence-electron chi connectivity index (χ0n) is 16.1. The van der Waals surface area contributed by atoms with Gasteiger partial charge in [-0.2, -0.15) is 5.10 Å². The highest BCUT2D eigenvalue weighted by molar-refractivity contribution is 5.85. The average molecular weight is 372 g/mol. The van der Waals surface area contributed by atoms with E-state index < -0.39 is 0 Å². The first kappa shape index (κ1) is 21.9. The van der Waals surface area contributed by atoms with Crippen LogP contribution in [0.1, 0.15) is 37.2 Å². The number of carbonyl (C=O) groups is 1. The maximum atomic E-state index is 12.1. The Balaban J connectivity index is 0.00000312. The van der Waals surface area contributed by atoms with Gasteiger partial charge >= 0.3 is 0 Å². The van der Waals surface area contributed by atoms with E-state index in [1.54, 1.807) is 0 Å². The van der Waals surface area contributed by atoms with Crippen molar-refractivity contribution in [2.45, 2.75) is 47.1 Å². The van der Waals surface area contributed by atoms with Gasteiger partial charge in [0.15, 0.2) is 0 Å². The maximum absolute atomic E-state index is 12.1. The second-order valence-electron chi connectivity index (χ2n) is 7.17. The van der Waals surface area contributed by atoms with Gasteiger partial charge in [0, 0.05) is 57.9 Å². The van der Waals surface area contributed by atoms with Crippen LogP contribution in [0.2, 0.25) is 0 Å². The topological polar surface area (TPSA) is 62.2 Å². The molecule has 25 heavy (non-hydrogen) atoms. The summed E-state index contributed by atoms with van der Waals surface area (Å²) in [6.45, 7) is 15.4. The lowest BCUT2D eigenvalue weighted by molar-refractivity contribution is -0.121. The highest BCUT2D eigenvalue weighted by atomic mass is 35.5. The van der Waals surface area contributed by atoms with Crippen molar-refractivity contribution in [2.75, 3.05) is 39.3 Å². The third kappa shape index (κ3) is 6.96. The summed E-state index contributed by atoms with van der Waals surface area (Å²) in [6.07, 6.45) is 1.31. The predicted molar refractivity (Wildman–Crippen MR) is 104 cm³/mol. The number of hydrogen-bond donors (Lipinski definition) is 2. The Morgan fingerprint density at radius 3 is 2.60 bits per heavy atom. The third-order valence-electron chi connectivity index (χ3n) is 4.63. The zero-order chi connectivity index (χ0) is 17.5. The monoisotopic (exact) mass is 371 g/mol. The van der Waals surface area contributed by atoms with Gasteiger partial charge in [-0.15, -0.1) is 12.4 Å². The van der Waals surface area contributed by atoms with Gasteiger partial charge in [-0.25, -0.2) is 0 Å². The Morgan fingerprint density at radius 1 is 1.28 bits per heavy atom. The predicted octanol–water partition coefficient (Wildman–Crippen LogP) is 1.53. The molecule has 1 fully saturated rings. The van der Waals surface area contributed by atoms with E-state index in [0.29, 0.717) is 12.3 Å². The number of nitrogens with one attached hydrogen (secondary N) is 2. The lowest BCUT2D eigenvalue weighted by Crippen LogP contribution is -2.46. The van der Waals surface area contributed by atoms with E-state index in [1.165, 1.54) is 11.3 Å². The van der Waals surface area contributed by atoms with Crippen LogP contribution >= 0.6 is 12.4 Å². The maximum Gasteiger partial charge on any atom is 0.220 e. The van der Waals surface area contributed by atoms with Crippen LogP contribution in [0.15, 0.2) is 0 Å². The zero-order valence-corrected chi connectivity index (χ0v) is 16.9. The average Bonchev–Trinajstić information content (AvgIpc) is 2.80. The van der Waals surface area contributed by atoms with Gasteiger partial charge in [-0.05, 0) is 31.7 Å². The molecule has 2 rings (SSSR count). The molecular formula is C18H34ClN5O. The van der Waals surface area contributed by atoms with Crippen molar-refractivity contribution < 1.29 is 4.79 Å². The summed E-state index contributed by atoms with van der Waals surface area (Å²) in [6, 6.07) is 0. The van der Waals surface area contributed by atoms with Gasteiger partial charge in [0.05, 0.1) is 5.69 Å². The summed E-state index contributed by atoms with van der Waals surface area (Å²) in [5.74, 6) is 0.713. The molecule has 0 saturated carbocycles. The van der Waals surface area contributed by atoms with Crippen LogP contribution in [0, 0.1) is 19.8 Å². The molecule has 0 atom stereocenters. The van der Waals surface area contributed by atoms with Crippen molar-refractivity contribution in [1.82, 2.24) is 25.3 Å². The molecule has 1 aromatic heterocycles. The summed E-state index contributed by atoms with van der Waals surface area (Å²) in [5.41, 5.74) is 3.49. The van der Waals surface area contributed by atoms with Gasteiger partial charge in [-0.3, -0.25) is 14.4 Å². The Morgan fingerprint density at radius 2 is 1.96 bits per heavy atom. The van der Waals surface area contributed by atoms with Crippen LogP contribution in [-0.2, 0) is 17.8 Å². The molecular weight excluding hydrogens is 338 g/mol. The highest BCUT2D eigenvalue weighted by Gasteiger charge is 2.14. The Labute approximate surface area is 158 Å². The Bertz CT molecular complexity index is 538. The van der Waals surface area contributed by atoms with Crippen LogP contribution in [0.3, 0.4) is 0 Å². The van der Waals surface area contributed by atoms with Crippen molar-refractivity contribution in [3.8, 4) is 0 Å². The van der Waals surface area contributed by atoms with Crippen LogP contribution in [-0.4, -0.2) is 59.9 Å². The van der Waals surface area contributed by atoms with Gasteiger partial charge in [0.2, 0.25) is 5.91 Å². The number of piperazine rings is 1. The molecule has 0 aromatic carbocycles. The molecule has 0 bridgehead atoms. The van der Waals surface area contributed by atoms with Crippen molar-refractivity contribution >= 4 is 18.3 Å². The summed E-state index contributed by atoms with van der Waals surface area (Å²) in [4.78, 5) is 14.5. The normalized spacial score (nSPS) is 15.2. The molecule has 1 amide bonds. The highest BCUT2D eigenvalue weighted by Crippen LogP contribution is 2.16. The lowest BCUT2D eigenvalue weighted by Gasteiger charge is -2.27. The number of hydrogen-bond acceptors (Lipinski definition) is 4. The van der Waals surface area contributed by atoms with Gasteiger partial charge in [-0.1, -0.05) is 13.8 Å². The summed E-state index contributed by atoms with van der Waals surface area (Å²) < 4.78 is 2.08. The van der Waals surface area contributed by atoms with Crippen LogP contribution in [0.4, 0.5) is 0 Å². The molecule has 0 unspecified atom stereocenters. The first-order valence-corrected chi connectivity index (χ1v) is 9.20. The fourth-order valence-corrected chi connectivity index (χ4v) is 3.23. The van der Waals surface area contributed by atoms with Gasteiger partial charge < -0.3 is 10.6 Å². The van der Waals surface area contributed by atoms with E-state index in [-0.39, 0.29) is 18.3 Å². The van der Waals surface area contributed by atoms with E-state index in [0.717, 1.165) is 57.9 Å². The molecule has 0 radical (unpaired) electrons. The number of aromatic nitrogens is 2. The second-order valence-corrected chi connectivity index (χ2v) is 7.17. The Kier molecular flexibility index (Phi) is 9.46. The fraction of sp³-hybridized carbons (Fsp3) is 0.778. The molecule has 2 N–H and O–H groups in total. The Hall–Kier alpha value is -1.11. The second kappa shape index (κ2) is 10.8. The number of rotatable bonds is 8. The number of halogens is 1. The van der Waals surface area contributed by atoms with Crippen molar-refractivity contribution in [3.05, 3.63) is 17.0 Å². The number of carbonyl (C=O) groups excluding carboxylic acids is 1. The summed E-state index contributed by atoms with van der Waals surface area (Å²) in [7, 11) is 0. The SMILES string of the molecule is Cc1nn(CC(C)C)c(C)c1CCC(=O)NCCN1CCNCC1.Cl. The van der Waals surface area contributed by atoms with E-state index in [9.17, 15) is 4.79 Å².